The van der Waals surface area contributed by atoms with Gasteiger partial charge in [0, 0.05) is 45.2 Å². The van der Waals surface area contributed by atoms with Crippen LogP contribution in [0.5, 0.6) is 0 Å². The Labute approximate surface area is 158 Å². The van der Waals surface area contributed by atoms with Crippen molar-refractivity contribution in [3.63, 3.8) is 0 Å². The molecule has 1 aromatic carbocycles. The van der Waals surface area contributed by atoms with Crippen LogP contribution in [0.4, 0.5) is 5.69 Å². The maximum atomic E-state index is 12.1. The van der Waals surface area contributed by atoms with Gasteiger partial charge in [0.1, 0.15) is 0 Å². The Morgan fingerprint density at radius 2 is 1.56 bits per heavy atom. The largest absolute Gasteiger partial charge is 0.456 e. The number of ether oxygens (including phenoxy) is 1. The van der Waals surface area contributed by atoms with Crippen LogP contribution >= 0.6 is 0 Å². The minimum atomic E-state index is -0.593. The number of esters is 1. The summed E-state index contributed by atoms with van der Waals surface area (Å²) in [4.78, 5) is 50.2. The van der Waals surface area contributed by atoms with Crippen molar-refractivity contribution < 1.29 is 23.9 Å². The normalized spacial score (nSPS) is 13.9. The van der Waals surface area contributed by atoms with Crippen molar-refractivity contribution in [2.24, 2.45) is 0 Å². The number of carbonyl (C=O) groups excluding carboxylic acids is 4. The van der Waals surface area contributed by atoms with Crippen molar-refractivity contribution in [3.8, 4) is 0 Å². The number of piperazine rings is 1. The standard InChI is InChI=1S/C19H25N3O5/c1-14-3-5-16(6-4-14)20-17(24)13-27-19(26)8-7-18(25)22-11-9-21(10-12-22)15(2)23/h3-6H,7-13H2,1-2H3,(H,20,24). The molecular formula is C19H25N3O5. The predicted octanol–water partition coefficient (Wildman–Crippen LogP) is 0.948. The molecule has 8 nitrogen and oxygen atoms in total. The summed E-state index contributed by atoms with van der Waals surface area (Å²) in [6, 6.07) is 7.26. The maximum absolute atomic E-state index is 12.1. The van der Waals surface area contributed by atoms with E-state index in [1.165, 1.54) is 6.92 Å². The van der Waals surface area contributed by atoms with Gasteiger partial charge in [0.2, 0.25) is 11.8 Å². The summed E-state index contributed by atoms with van der Waals surface area (Å²) in [5.74, 6) is -1.18. The molecule has 1 aliphatic rings. The maximum Gasteiger partial charge on any atom is 0.306 e. The summed E-state index contributed by atoms with van der Waals surface area (Å²) in [6.07, 6.45) is -0.0535. The van der Waals surface area contributed by atoms with Gasteiger partial charge in [-0.3, -0.25) is 19.2 Å². The van der Waals surface area contributed by atoms with Gasteiger partial charge < -0.3 is 19.9 Å². The topological polar surface area (TPSA) is 96.0 Å². The third-order valence-corrected chi connectivity index (χ3v) is 4.32. The molecule has 8 heteroatoms. The Kier molecular flexibility index (Phi) is 7.34. The highest BCUT2D eigenvalue weighted by Crippen LogP contribution is 2.09. The molecule has 0 saturated carbocycles. The van der Waals surface area contributed by atoms with Gasteiger partial charge in [-0.2, -0.15) is 0 Å². The van der Waals surface area contributed by atoms with E-state index in [0.717, 1.165) is 5.56 Å². The number of carbonyl (C=O) groups is 4. The van der Waals surface area contributed by atoms with Crippen molar-refractivity contribution in [1.29, 1.82) is 0 Å². The van der Waals surface area contributed by atoms with Gasteiger partial charge in [0.05, 0.1) is 6.42 Å². The number of benzene rings is 1. The van der Waals surface area contributed by atoms with Gasteiger partial charge in [0.15, 0.2) is 6.61 Å². The van der Waals surface area contributed by atoms with Gasteiger partial charge in [-0.15, -0.1) is 0 Å². The van der Waals surface area contributed by atoms with E-state index >= 15 is 0 Å². The molecule has 0 atom stereocenters. The van der Waals surface area contributed by atoms with Crippen LogP contribution in [0.1, 0.15) is 25.3 Å². The highest BCUT2D eigenvalue weighted by atomic mass is 16.5. The summed E-state index contributed by atoms with van der Waals surface area (Å²) >= 11 is 0. The zero-order valence-corrected chi connectivity index (χ0v) is 15.7. The molecule has 0 aromatic heterocycles. The molecule has 27 heavy (non-hydrogen) atoms. The number of nitrogens with one attached hydrogen (secondary N) is 1. The number of anilines is 1. The van der Waals surface area contributed by atoms with Crippen LogP contribution in [0.3, 0.4) is 0 Å². The van der Waals surface area contributed by atoms with Gasteiger partial charge in [-0.25, -0.2) is 0 Å². The fraction of sp³-hybridized carbons (Fsp3) is 0.474. The molecule has 1 fully saturated rings. The molecule has 2 rings (SSSR count). The zero-order chi connectivity index (χ0) is 19.8. The minimum absolute atomic E-state index is 0.00501. The summed E-state index contributed by atoms with van der Waals surface area (Å²) in [6.45, 7) is 4.99. The van der Waals surface area contributed by atoms with Crippen molar-refractivity contribution in [1.82, 2.24) is 9.80 Å². The minimum Gasteiger partial charge on any atom is -0.456 e. The van der Waals surface area contributed by atoms with E-state index in [2.05, 4.69) is 5.32 Å². The summed E-state index contributed by atoms with van der Waals surface area (Å²) in [7, 11) is 0. The van der Waals surface area contributed by atoms with E-state index in [1.807, 2.05) is 19.1 Å². The van der Waals surface area contributed by atoms with E-state index < -0.39 is 18.5 Å². The van der Waals surface area contributed by atoms with Crippen LogP contribution in [-0.2, 0) is 23.9 Å². The third-order valence-electron chi connectivity index (χ3n) is 4.32. The van der Waals surface area contributed by atoms with Crippen molar-refractivity contribution in [2.45, 2.75) is 26.7 Å². The fourth-order valence-corrected chi connectivity index (χ4v) is 2.69. The van der Waals surface area contributed by atoms with Crippen LogP contribution in [-0.4, -0.2) is 66.3 Å². The predicted molar refractivity (Wildman–Crippen MR) is 98.8 cm³/mol. The Balaban J connectivity index is 1.64. The molecular weight excluding hydrogens is 350 g/mol. The SMILES string of the molecule is CC(=O)N1CCN(C(=O)CCC(=O)OCC(=O)Nc2ccc(C)cc2)CC1. The number of nitrogens with zero attached hydrogens (tertiary/aromatic N) is 2. The van der Waals surface area contributed by atoms with Crippen LogP contribution in [0.15, 0.2) is 24.3 Å². The van der Waals surface area contributed by atoms with Crippen LogP contribution in [0.2, 0.25) is 0 Å². The molecule has 1 aliphatic heterocycles. The lowest BCUT2D eigenvalue weighted by Crippen LogP contribution is -2.50. The first-order valence-electron chi connectivity index (χ1n) is 8.90. The first kappa shape index (κ1) is 20.4. The summed E-state index contributed by atoms with van der Waals surface area (Å²) < 4.78 is 4.91. The highest BCUT2D eigenvalue weighted by Gasteiger charge is 2.22. The van der Waals surface area contributed by atoms with Gasteiger partial charge in [-0.05, 0) is 19.1 Å². The molecule has 1 aromatic rings. The summed E-state index contributed by atoms with van der Waals surface area (Å²) in [5.41, 5.74) is 1.70. The van der Waals surface area contributed by atoms with Crippen LogP contribution in [0.25, 0.3) is 0 Å². The van der Waals surface area contributed by atoms with Crippen LogP contribution in [0, 0.1) is 6.92 Å². The molecule has 0 unspecified atom stereocenters. The van der Waals surface area contributed by atoms with E-state index in [9.17, 15) is 19.2 Å². The number of amides is 3. The molecule has 1 saturated heterocycles. The molecule has 0 radical (unpaired) electrons. The molecule has 0 spiro atoms. The first-order valence-corrected chi connectivity index (χ1v) is 8.90. The number of hydrogen-bond acceptors (Lipinski definition) is 5. The van der Waals surface area contributed by atoms with Gasteiger partial charge in [0.25, 0.3) is 5.91 Å². The number of hydrogen-bond donors (Lipinski definition) is 1. The Morgan fingerprint density at radius 3 is 2.15 bits per heavy atom. The van der Waals surface area contributed by atoms with Crippen molar-refractivity contribution >= 4 is 29.4 Å². The Bertz CT molecular complexity index is 694. The second-order valence-electron chi connectivity index (χ2n) is 6.46. The average Bonchev–Trinajstić information content (AvgIpc) is 2.66. The second kappa shape index (κ2) is 9.70. The van der Waals surface area contributed by atoms with E-state index in [0.29, 0.717) is 31.9 Å². The van der Waals surface area contributed by atoms with Crippen LogP contribution < -0.4 is 5.32 Å². The third kappa shape index (κ3) is 6.73. The van der Waals surface area contributed by atoms with E-state index in [-0.39, 0.29) is 24.7 Å². The summed E-state index contributed by atoms with van der Waals surface area (Å²) in [5, 5.41) is 2.63. The fourth-order valence-electron chi connectivity index (χ4n) is 2.69. The second-order valence-corrected chi connectivity index (χ2v) is 6.46. The molecule has 146 valence electrons. The monoisotopic (exact) mass is 375 g/mol. The lowest BCUT2D eigenvalue weighted by molar-refractivity contribution is -0.149. The van der Waals surface area contributed by atoms with Gasteiger partial charge >= 0.3 is 5.97 Å². The quantitative estimate of drug-likeness (QED) is 0.747. The first-order chi connectivity index (χ1) is 12.8. The smallest absolute Gasteiger partial charge is 0.306 e. The molecule has 3 amide bonds. The molecule has 1 N–H and O–H groups in total. The zero-order valence-electron chi connectivity index (χ0n) is 15.7. The Hall–Kier alpha value is -2.90. The molecule has 0 bridgehead atoms. The molecule has 1 heterocycles. The average molecular weight is 375 g/mol. The van der Waals surface area contributed by atoms with E-state index in [4.69, 9.17) is 4.74 Å². The lowest BCUT2D eigenvalue weighted by atomic mass is 10.2. The van der Waals surface area contributed by atoms with Crippen molar-refractivity contribution in [3.05, 3.63) is 29.8 Å². The number of aryl methyl sites for hydroxylation is 1. The lowest BCUT2D eigenvalue weighted by Gasteiger charge is -2.34. The number of rotatable bonds is 6. The van der Waals surface area contributed by atoms with E-state index in [1.54, 1.807) is 21.9 Å². The van der Waals surface area contributed by atoms with Gasteiger partial charge in [-0.1, -0.05) is 17.7 Å². The van der Waals surface area contributed by atoms with Crippen molar-refractivity contribution in [2.75, 3.05) is 38.1 Å². The molecule has 0 aliphatic carbocycles. The highest BCUT2D eigenvalue weighted by molar-refractivity contribution is 5.93. The Morgan fingerprint density at radius 1 is 0.963 bits per heavy atom.